The van der Waals surface area contributed by atoms with E-state index in [4.69, 9.17) is 0 Å². The number of rotatable bonds is 5. The first kappa shape index (κ1) is 19.9. The molecule has 1 aliphatic rings. The number of H-pyrrole nitrogens is 1. The molecule has 156 valence electrons. The van der Waals surface area contributed by atoms with Gasteiger partial charge >= 0.3 is 0 Å². The molecule has 30 heavy (non-hydrogen) atoms. The molecular formula is C22H23N4O4-. The number of fused-ring (bicyclic) bond motifs is 1. The van der Waals surface area contributed by atoms with Crippen molar-refractivity contribution in [3.8, 4) is 0 Å². The zero-order valence-electron chi connectivity index (χ0n) is 16.8. The molecule has 1 fully saturated rings. The summed E-state index contributed by atoms with van der Waals surface area (Å²) < 4.78 is 0. The van der Waals surface area contributed by atoms with E-state index >= 15 is 0 Å². The lowest BCUT2D eigenvalue weighted by Crippen LogP contribution is -2.63. The number of carbonyl (C=O) groups excluding carboxylic acids is 2. The van der Waals surface area contributed by atoms with Crippen LogP contribution in [0.4, 0.5) is 5.69 Å². The maximum atomic E-state index is 13.2. The van der Waals surface area contributed by atoms with Crippen LogP contribution < -0.4 is 5.23 Å². The molecule has 1 aliphatic heterocycles. The second-order valence-electron chi connectivity index (χ2n) is 7.61. The minimum atomic E-state index is -0.694. The van der Waals surface area contributed by atoms with Gasteiger partial charge in [-0.25, -0.2) is 0 Å². The molecule has 0 radical (unpaired) electrons. The maximum Gasteiger partial charge on any atom is 0.246 e. The number of aromatic amines is 1. The number of nitrogens with one attached hydrogen (secondary N) is 1. The third-order valence-corrected chi connectivity index (χ3v) is 5.86. The van der Waals surface area contributed by atoms with Crippen molar-refractivity contribution in [2.24, 2.45) is 0 Å². The van der Waals surface area contributed by atoms with Gasteiger partial charge in [0.15, 0.2) is 0 Å². The van der Waals surface area contributed by atoms with Crippen molar-refractivity contribution in [1.29, 1.82) is 0 Å². The Hall–Kier alpha value is -3.36. The first-order valence-corrected chi connectivity index (χ1v) is 9.71. The fourth-order valence-electron chi connectivity index (χ4n) is 4.16. The van der Waals surface area contributed by atoms with Gasteiger partial charge in [0.2, 0.25) is 11.8 Å². The molecule has 2 atom stereocenters. The van der Waals surface area contributed by atoms with Gasteiger partial charge in [0.05, 0.1) is 5.69 Å². The summed E-state index contributed by atoms with van der Waals surface area (Å²) in [6, 6.07) is 13.3. The lowest BCUT2D eigenvalue weighted by molar-refractivity contribution is -0.158. The number of amides is 2. The third kappa shape index (κ3) is 3.40. The molecule has 0 spiro atoms. The predicted molar refractivity (Wildman–Crippen MR) is 113 cm³/mol. The van der Waals surface area contributed by atoms with E-state index in [-0.39, 0.29) is 29.1 Å². The van der Waals surface area contributed by atoms with Crippen molar-refractivity contribution < 1.29 is 14.8 Å². The van der Waals surface area contributed by atoms with Crippen LogP contribution in [0.25, 0.3) is 10.9 Å². The second-order valence-corrected chi connectivity index (χ2v) is 7.61. The van der Waals surface area contributed by atoms with E-state index in [1.165, 1.54) is 15.9 Å². The summed E-state index contributed by atoms with van der Waals surface area (Å²) in [4.78, 5) is 32.3. The van der Waals surface area contributed by atoms with Gasteiger partial charge in [-0.3, -0.25) is 14.8 Å². The fraction of sp³-hybridized carbons (Fsp3) is 0.273. The zero-order chi connectivity index (χ0) is 21.4. The molecule has 0 saturated carbocycles. The molecule has 1 aromatic heterocycles. The third-order valence-electron chi connectivity index (χ3n) is 5.86. The monoisotopic (exact) mass is 407 g/mol. The zero-order valence-corrected chi connectivity index (χ0v) is 16.8. The molecule has 1 saturated heterocycles. The molecule has 0 aliphatic carbocycles. The SMILES string of the molecule is CN1C(=O)C(Cc2c[nH]c3cccc(N([O-])O)c23)N(C)C(=O)C1Cc1ccccc1. The number of piperazine rings is 1. The number of anilines is 1. The average molecular weight is 407 g/mol. The summed E-state index contributed by atoms with van der Waals surface area (Å²) in [5, 5.41) is 21.4. The van der Waals surface area contributed by atoms with E-state index in [0.29, 0.717) is 22.9 Å². The highest BCUT2D eigenvalue weighted by Gasteiger charge is 2.42. The second kappa shape index (κ2) is 7.81. The number of aromatic nitrogens is 1. The number of carbonyl (C=O) groups is 2. The van der Waals surface area contributed by atoms with Crippen LogP contribution in [0.1, 0.15) is 11.1 Å². The Morgan fingerprint density at radius 1 is 0.967 bits per heavy atom. The van der Waals surface area contributed by atoms with E-state index in [9.17, 15) is 20.0 Å². The van der Waals surface area contributed by atoms with Gasteiger partial charge in [-0.2, -0.15) is 0 Å². The van der Waals surface area contributed by atoms with Crippen molar-refractivity contribution in [3.05, 3.63) is 71.1 Å². The number of benzene rings is 2. The van der Waals surface area contributed by atoms with Crippen LogP contribution in [0.3, 0.4) is 0 Å². The summed E-state index contributed by atoms with van der Waals surface area (Å²) in [6.45, 7) is 0. The summed E-state index contributed by atoms with van der Waals surface area (Å²) in [5.41, 5.74) is 2.44. The number of likely N-dealkylation sites (N-methyl/N-ethyl adjacent to an activating group) is 2. The van der Waals surface area contributed by atoms with Crippen molar-refractivity contribution in [2.75, 3.05) is 19.3 Å². The molecule has 8 heteroatoms. The van der Waals surface area contributed by atoms with Crippen LogP contribution in [0.15, 0.2) is 54.7 Å². The van der Waals surface area contributed by atoms with Crippen molar-refractivity contribution >= 4 is 28.4 Å². The molecule has 2 heterocycles. The fourth-order valence-corrected chi connectivity index (χ4v) is 4.16. The van der Waals surface area contributed by atoms with Gasteiger partial charge in [0.1, 0.15) is 12.1 Å². The Kier molecular flexibility index (Phi) is 5.19. The van der Waals surface area contributed by atoms with E-state index in [0.717, 1.165) is 5.56 Å². The summed E-state index contributed by atoms with van der Waals surface area (Å²) in [5.74, 6) is -0.286. The lowest BCUT2D eigenvalue weighted by Gasteiger charge is -2.42. The van der Waals surface area contributed by atoms with Gasteiger partial charge < -0.3 is 25.2 Å². The highest BCUT2D eigenvalue weighted by atomic mass is 16.8. The average Bonchev–Trinajstić information content (AvgIpc) is 3.16. The molecule has 2 N–H and O–H groups in total. The normalized spacial score (nSPS) is 19.6. The predicted octanol–water partition coefficient (Wildman–Crippen LogP) is 2.31. The Labute approximate surface area is 173 Å². The smallest absolute Gasteiger partial charge is 0.246 e. The van der Waals surface area contributed by atoms with E-state index < -0.39 is 12.1 Å². The molecule has 0 bridgehead atoms. The number of hydrogen-bond acceptors (Lipinski definition) is 5. The Bertz CT molecular complexity index is 1080. The minimum Gasteiger partial charge on any atom is -0.733 e. The van der Waals surface area contributed by atoms with Crippen LogP contribution in [0.5, 0.6) is 0 Å². The van der Waals surface area contributed by atoms with Gasteiger partial charge in [0, 0.05) is 44.0 Å². The van der Waals surface area contributed by atoms with Crippen molar-refractivity contribution in [1.82, 2.24) is 14.8 Å². The minimum absolute atomic E-state index is 0.0938. The first-order valence-electron chi connectivity index (χ1n) is 9.71. The highest BCUT2D eigenvalue weighted by Crippen LogP contribution is 2.31. The summed E-state index contributed by atoms with van der Waals surface area (Å²) in [6.07, 6.45) is 2.39. The van der Waals surface area contributed by atoms with Crippen LogP contribution in [0, 0.1) is 5.21 Å². The summed E-state index contributed by atoms with van der Waals surface area (Å²) in [7, 11) is 3.29. The van der Waals surface area contributed by atoms with Crippen molar-refractivity contribution in [2.45, 2.75) is 24.9 Å². The molecule has 2 aromatic carbocycles. The molecule has 4 rings (SSSR count). The van der Waals surface area contributed by atoms with E-state index in [1.54, 1.807) is 32.4 Å². The van der Waals surface area contributed by atoms with E-state index in [2.05, 4.69) is 4.98 Å². The number of nitrogens with zero attached hydrogens (tertiary/aromatic N) is 3. The number of hydrogen-bond donors (Lipinski definition) is 2. The molecular weight excluding hydrogens is 384 g/mol. The Balaban J connectivity index is 1.62. The highest BCUT2D eigenvalue weighted by molar-refractivity contribution is 5.99. The quantitative estimate of drug-likeness (QED) is 0.632. The molecule has 2 unspecified atom stereocenters. The summed E-state index contributed by atoms with van der Waals surface area (Å²) >= 11 is 0. The van der Waals surface area contributed by atoms with Gasteiger partial charge in [-0.15, -0.1) is 0 Å². The van der Waals surface area contributed by atoms with Gasteiger partial charge in [-0.05, 0) is 23.3 Å². The lowest BCUT2D eigenvalue weighted by atomic mass is 9.95. The topological polar surface area (TPSA) is 103 Å². The van der Waals surface area contributed by atoms with Gasteiger partial charge in [0.25, 0.3) is 0 Å². The van der Waals surface area contributed by atoms with Crippen LogP contribution >= 0.6 is 0 Å². The van der Waals surface area contributed by atoms with Crippen molar-refractivity contribution in [3.63, 3.8) is 0 Å². The standard InChI is InChI=1S/C22H23N4O4/c1-24-18(11-14-7-4-3-5-8-14)21(27)25(2)19(22(24)28)12-15-13-23-16-9-6-10-17(20(15)16)26(29)30/h3-10,13,18-19,23,29H,11-12H2,1-2H3/q-1. The largest absolute Gasteiger partial charge is 0.733 e. The molecule has 2 amide bonds. The molecule has 3 aromatic rings. The van der Waals surface area contributed by atoms with Crippen LogP contribution in [0.2, 0.25) is 0 Å². The Morgan fingerprint density at radius 2 is 1.60 bits per heavy atom. The van der Waals surface area contributed by atoms with Crippen LogP contribution in [-0.4, -0.2) is 58.0 Å². The molecule has 8 nitrogen and oxygen atoms in total. The van der Waals surface area contributed by atoms with Gasteiger partial charge in [-0.1, -0.05) is 36.4 Å². The van der Waals surface area contributed by atoms with Crippen LogP contribution in [-0.2, 0) is 22.4 Å². The Morgan fingerprint density at radius 3 is 2.23 bits per heavy atom. The first-order chi connectivity index (χ1) is 14.4. The maximum absolute atomic E-state index is 13.2. The van der Waals surface area contributed by atoms with E-state index in [1.807, 2.05) is 30.3 Å².